The SMILES string of the molecule is Cc1ccc(NC(=O)Nc2ncc(CCNC(=N)N)s2)c(C(=O)C2CCCC2)c1. The molecule has 0 saturated heterocycles. The van der Waals surface area contributed by atoms with Crippen molar-refractivity contribution in [3.8, 4) is 0 Å². The molecule has 2 amide bonds. The van der Waals surface area contributed by atoms with Crippen LogP contribution in [0.1, 0.15) is 46.5 Å². The van der Waals surface area contributed by atoms with E-state index in [0.717, 1.165) is 36.1 Å². The molecule has 0 atom stereocenters. The standard InChI is InChI=1S/C20H26N6O2S/c1-12-6-7-16(15(10-12)17(27)13-4-2-3-5-13)25-19(28)26-20-24-11-14(29-20)8-9-23-18(21)22/h6-7,10-11,13H,2-5,8-9H2,1H3,(H4,21,22,23)(H2,24,25,26,28). The van der Waals surface area contributed by atoms with E-state index in [9.17, 15) is 9.59 Å². The third-order valence-electron chi connectivity index (χ3n) is 4.88. The lowest BCUT2D eigenvalue weighted by molar-refractivity contribution is 0.0923. The van der Waals surface area contributed by atoms with E-state index in [1.165, 1.54) is 11.3 Å². The number of aryl methyl sites for hydroxylation is 1. The molecule has 1 aliphatic rings. The largest absolute Gasteiger partial charge is 0.370 e. The van der Waals surface area contributed by atoms with Gasteiger partial charge in [-0.1, -0.05) is 24.5 Å². The van der Waals surface area contributed by atoms with Crippen LogP contribution in [0.2, 0.25) is 0 Å². The van der Waals surface area contributed by atoms with Gasteiger partial charge in [0.05, 0.1) is 5.69 Å². The molecule has 1 heterocycles. The number of amides is 2. The van der Waals surface area contributed by atoms with Crippen LogP contribution in [0.4, 0.5) is 15.6 Å². The fourth-order valence-corrected chi connectivity index (χ4v) is 4.24. The maximum atomic E-state index is 12.9. The topological polar surface area (TPSA) is 133 Å². The Morgan fingerprint density at radius 1 is 1.28 bits per heavy atom. The predicted molar refractivity (Wildman–Crippen MR) is 116 cm³/mol. The van der Waals surface area contributed by atoms with Crippen LogP contribution in [0.15, 0.2) is 24.4 Å². The molecule has 8 nitrogen and oxygen atoms in total. The lowest BCUT2D eigenvalue weighted by atomic mass is 9.94. The number of hydrogen-bond donors (Lipinski definition) is 5. The van der Waals surface area contributed by atoms with E-state index in [2.05, 4.69) is 20.9 Å². The molecular weight excluding hydrogens is 388 g/mol. The molecule has 3 rings (SSSR count). The zero-order chi connectivity index (χ0) is 20.8. The molecule has 1 fully saturated rings. The highest BCUT2D eigenvalue weighted by Crippen LogP contribution is 2.31. The number of rotatable bonds is 7. The Kier molecular flexibility index (Phi) is 6.82. The summed E-state index contributed by atoms with van der Waals surface area (Å²) in [6.45, 7) is 2.46. The third-order valence-corrected chi connectivity index (χ3v) is 5.85. The van der Waals surface area contributed by atoms with Gasteiger partial charge in [-0.3, -0.25) is 15.5 Å². The van der Waals surface area contributed by atoms with Crippen molar-refractivity contribution in [1.82, 2.24) is 10.3 Å². The minimum Gasteiger partial charge on any atom is -0.370 e. The highest BCUT2D eigenvalue weighted by molar-refractivity contribution is 7.15. The number of carbonyl (C=O) groups excluding carboxylic acids is 2. The highest BCUT2D eigenvalue weighted by atomic mass is 32.1. The van der Waals surface area contributed by atoms with Crippen LogP contribution in [-0.2, 0) is 6.42 Å². The maximum Gasteiger partial charge on any atom is 0.325 e. The van der Waals surface area contributed by atoms with E-state index in [-0.39, 0.29) is 17.7 Å². The van der Waals surface area contributed by atoms with Gasteiger partial charge in [-0.05, 0) is 31.9 Å². The lowest BCUT2D eigenvalue weighted by Crippen LogP contribution is -2.31. The number of nitrogens with one attached hydrogen (secondary N) is 4. The van der Waals surface area contributed by atoms with Gasteiger partial charge in [-0.25, -0.2) is 9.78 Å². The Morgan fingerprint density at radius 2 is 2.03 bits per heavy atom. The summed E-state index contributed by atoms with van der Waals surface area (Å²) in [5, 5.41) is 15.9. The van der Waals surface area contributed by atoms with Gasteiger partial charge >= 0.3 is 6.03 Å². The van der Waals surface area contributed by atoms with Crippen molar-refractivity contribution in [2.75, 3.05) is 17.2 Å². The predicted octanol–water partition coefficient (Wildman–Crippen LogP) is 3.49. The first-order chi connectivity index (χ1) is 13.9. The zero-order valence-corrected chi connectivity index (χ0v) is 17.2. The van der Waals surface area contributed by atoms with Gasteiger partial charge < -0.3 is 16.4 Å². The average Bonchev–Trinajstić information content (AvgIpc) is 3.34. The monoisotopic (exact) mass is 414 g/mol. The summed E-state index contributed by atoms with van der Waals surface area (Å²) >= 11 is 1.36. The second kappa shape index (κ2) is 9.51. The van der Waals surface area contributed by atoms with E-state index >= 15 is 0 Å². The molecular formula is C20H26N6O2S. The molecule has 1 aromatic carbocycles. The smallest absolute Gasteiger partial charge is 0.325 e. The molecule has 1 aromatic heterocycles. The number of guanidine groups is 1. The molecule has 6 N–H and O–H groups in total. The van der Waals surface area contributed by atoms with Gasteiger partial charge in [0.2, 0.25) is 0 Å². The van der Waals surface area contributed by atoms with Crippen molar-refractivity contribution >= 4 is 39.9 Å². The normalized spacial score (nSPS) is 13.8. The first-order valence-electron chi connectivity index (χ1n) is 9.68. The molecule has 0 bridgehead atoms. The Morgan fingerprint density at radius 3 is 2.76 bits per heavy atom. The number of ketones is 1. The molecule has 0 unspecified atom stereocenters. The second-order valence-corrected chi connectivity index (χ2v) is 8.31. The number of anilines is 2. The lowest BCUT2D eigenvalue weighted by Gasteiger charge is -2.14. The van der Waals surface area contributed by atoms with Crippen LogP contribution in [0.25, 0.3) is 0 Å². The molecule has 1 aliphatic carbocycles. The fraction of sp³-hybridized carbons (Fsp3) is 0.400. The summed E-state index contributed by atoms with van der Waals surface area (Å²) in [5.41, 5.74) is 7.33. The second-order valence-electron chi connectivity index (χ2n) is 7.20. The minimum absolute atomic E-state index is 0.0468. The first kappa shape index (κ1) is 20.8. The quantitative estimate of drug-likeness (QED) is 0.269. The average molecular weight is 415 g/mol. The van der Waals surface area contributed by atoms with Gasteiger partial charge in [0.25, 0.3) is 0 Å². The number of nitrogens with two attached hydrogens (primary N) is 1. The Balaban J connectivity index is 1.63. The Bertz CT molecular complexity index is 904. The summed E-state index contributed by atoms with van der Waals surface area (Å²) in [7, 11) is 0. The van der Waals surface area contributed by atoms with E-state index in [1.54, 1.807) is 12.3 Å². The van der Waals surface area contributed by atoms with Gasteiger partial charge in [-0.15, -0.1) is 11.3 Å². The number of hydrogen-bond acceptors (Lipinski definition) is 5. The van der Waals surface area contributed by atoms with Gasteiger partial charge in [0, 0.05) is 35.5 Å². The molecule has 29 heavy (non-hydrogen) atoms. The number of thiazole rings is 1. The van der Waals surface area contributed by atoms with E-state index in [0.29, 0.717) is 29.3 Å². The summed E-state index contributed by atoms with van der Waals surface area (Å²) in [6.07, 6.45) is 6.33. The van der Waals surface area contributed by atoms with Crippen LogP contribution >= 0.6 is 11.3 Å². The van der Waals surface area contributed by atoms with Crippen LogP contribution in [0.3, 0.4) is 0 Å². The van der Waals surface area contributed by atoms with Gasteiger partial charge in [0.15, 0.2) is 16.9 Å². The molecule has 0 aliphatic heterocycles. The van der Waals surface area contributed by atoms with Crippen LogP contribution in [-0.4, -0.2) is 29.3 Å². The fourth-order valence-electron chi connectivity index (χ4n) is 3.43. The van der Waals surface area contributed by atoms with Crippen molar-refractivity contribution in [2.45, 2.75) is 39.0 Å². The number of urea groups is 1. The van der Waals surface area contributed by atoms with Crippen LogP contribution in [0.5, 0.6) is 0 Å². The Labute approximate surface area is 173 Å². The van der Waals surface area contributed by atoms with Gasteiger partial charge in [-0.2, -0.15) is 0 Å². The van der Waals surface area contributed by atoms with Crippen molar-refractivity contribution < 1.29 is 9.59 Å². The third kappa shape index (κ3) is 5.77. The number of benzene rings is 1. The van der Waals surface area contributed by atoms with E-state index in [4.69, 9.17) is 11.1 Å². The van der Waals surface area contributed by atoms with Crippen molar-refractivity contribution in [2.24, 2.45) is 11.7 Å². The van der Waals surface area contributed by atoms with E-state index < -0.39 is 6.03 Å². The number of aromatic nitrogens is 1. The zero-order valence-electron chi connectivity index (χ0n) is 16.4. The van der Waals surface area contributed by atoms with E-state index in [1.807, 2.05) is 19.1 Å². The van der Waals surface area contributed by atoms with Crippen LogP contribution in [0, 0.1) is 18.3 Å². The first-order valence-corrected chi connectivity index (χ1v) is 10.5. The number of Topliss-reactive ketones (excluding diaryl/α,β-unsaturated/α-hetero) is 1. The minimum atomic E-state index is -0.433. The number of carbonyl (C=O) groups is 2. The van der Waals surface area contributed by atoms with Gasteiger partial charge in [0.1, 0.15) is 0 Å². The summed E-state index contributed by atoms with van der Waals surface area (Å²) < 4.78 is 0. The molecule has 154 valence electrons. The molecule has 9 heteroatoms. The summed E-state index contributed by atoms with van der Waals surface area (Å²) in [5.74, 6) is 0.0786. The Hall–Kier alpha value is -2.94. The van der Waals surface area contributed by atoms with Crippen molar-refractivity contribution in [1.29, 1.82) is 5.41 Å². The highest BCUT2D eigenvalue weighted by Gasteiger charge is 2.26. The summed E-state index contributed by atoms with van der Waals surface area (Å²) in [4.78, 5) is 30.5. The van der Waals surface area contributed by atoms with Crippen molar-refractivity contribution in [3.63, 3.8) is 0 Å². The molecule has 0 spiro atoms. The molecule has 1 saturated carbocycles. The summed E-state index contributed by atoms with van der Waals surface area (Å²) in [6, 6.07) is 5.07. The maximum absolute atomic E-state index is 12.9. The molecule has 2 aromatic rings. The van der Waals surface area contributed by atoms with Crippen molar-refractivity contribution in [3.05, 3.63) is 40.4 Å². The van der Waals surface area contributed by atoms with Crippen LogP contribution < -0.4 is 21.7 Å². The molecule has 0 radical (unpaired) electrons. The number of nitrogens with zero attached hydrogens (tertiary/aromatic N) is 1.